The molecule has 6 nitrogen and oxygen atoms in total. The van der Waals surface area contributed by atoms with Crippen LogP contribution in [0.1, 0.15) is 23.6 Å². The van der Waals surface area contributed by atoms with Crippen molar-refractivity contribution in [2.45, 2.75) is 25.0 Å². The lowest BCUT2D eigenvalue weighted by molar-refractivity contribution is -0.146. The summed E-state index contributed by atoms with van der Waals surface area (Å²) < 4.78 is 11.2. The number of hydrogen-bond donors (Lipinski definition) is 0. The van der Waals surface area contributed by atoms with Crippen LogP contribution >= 0.6 is 0 Å². The van der Waals surface area contributed by atoms with Crippen LogP contribution in [0.5, 0.6) is 5.75 Å². The molecule has 2 aliphatic heterocycles. The predicted octanol–water partition coefficient (Wildman–Crippen LogP) is 5.60. The molecule has 162 valence electrons. The van der Waals surface area contributed by atoms with Gasteiger partial charge in [-0.05, 0) is 42.3 Å². The Labute approximate surface area is 187 Å². The van der Waals surface area contributed by atoms with Crippen LogP contribution in [0, 0.1) is 5.92 Å². The molecule has 6 heteroatoms. The van der Waals surface area contributed by atoms with Gasteiger partial charge in [-0.15, -0.1) is 0 Å². The van der Waals surface area contributed by atoms with Crippen LogP contribution in [-0.2, 0) is 16.1 Å². The number of carbonyl (C=O) groups excluding carboxylic acids is 1. The highest BCUT2D eigenvalue weighted by Gasteiger charge is 2.48. The molecule has 2 heterocycles. The van der Waals surface area contributed by atoms with Crippen molar-refractivity contribution in [2.75, 3.05) is 13.7 Å². The summed E-state index contributed by atoms with van der Waals surface area (Å²) in [6.45, 7) is 1.25. The van der Waals surface area contributed by atoms with Crippen molar-refractivity contribution in [3.63, 3.8) is 0 Å². The Balaban J connectivity index is 1.49. The lowest BCUT2D eigenvalue weighted by atomic mass is 9.90. The smallest absolute Gasteiger partial charge is 0.323 e. The van der Waals surface area contributed by atoms with Crippen molar-refractivity contribution in [1.82, 2.24) is 4.90 Å². The second-order valence-corrected chi connectivity index (χ2v) is 8.21. The van der Waals surface area contributed by atoms with E-state index < -0.39 is 0 Å². The third-order valence-electron chi connectivity index (χ3n) is 6.21. The van der Waals surface area contributed by atoms with E-state index in [1.54, 1.807) is 0 Å². The zero-order chi connectivity index (χ0) is 21.9. The van der Waals surface area contributed by atoms with Crippen LogP contribution in [0.2, 0.25) is 0 Å². The van der Waals surface area contributed by atoms with E-state index in [1.165, 1.54) is 7.11 Å². The average molecular weight is 428 g/mol. The molecule has 3 aromatic rings. The molecule has 0 N–H and O–H groups in total. The summed E-state index contributed by atoms with van der Waals surface area (Å²) >= 11 is 0. The minimum absolute atomic E-state index is 0.0509. The fourth-order valence-electron chi connectivity index (χ4n) is 4.75. The summed E-state index contributed by atoms with van der Waals surface area (Å²) in [6, 6.07) is 25.5. The first-order valence-corrected chi connectivity index (χ1v) is 10.8. The molecule has 1 fully saturated rings. The number of rotatable bonds is 5. The molecule has 5 rings (SSSR count). The Hall–Kier alpha value is -3.51. The molecule has 0 aromatic heterocycles. The maximum atomic E-state index is 12.7. The van der Waals surface area contributed by atoms with Gasteiger partial charge in [-0.1, -0.05) is 48.5 Å². The first-order valence-electron chi connectivity index (χ1n) is 10.8. The monoisotopic (exact) mass is 427 g/mol. The zero-order valence-corrected chi connectivity index (χ0v) is 17.9. The lowest BCUT2D eigenvalue weighted by Crippen LogP contribution is -2.38. The molecule has 0 amide bonds. The van der Waals surface area contributed by atoms with Crippen LogP contribution in [0.15, 0.2) is 89.1 Å². The molecule has 1 unspecified atom stereocenters. The summed E-state index contributed by atoms with van der Waals surface area (Å²) in [4.78, 5) is 14.9. The van der Waals surface area contributed by atoms with Gasteiger partial charge in [-0.25, -0.2) is 0 Å². The number of carbonyl (C=O) groups is 1. The van der Waals surface area contributed by atoms with E-state index in [-0.39, 0.29) is 24.0 Å². The molecule has 3 aromatic carbocycles. The van der Waals surface area contributed by atoms with Gasteiger partial charge in [-0.3, -0.25) is 9.69 Å². The third-order valence-corrected chi connectivity index (χ3v) is 6.21. The maximum Gasteiger partial charge on any atom is 0.323 e. The van der Waals surface area contributed by atoms with Gasteiger partial charge >= 0.3 is 5.97 Å². The van der Waals surface area contributed by atoms with Gasteiger partial charge in [0.15, 0.2) is 0 Å². The van der Waals surface area contributed by atoms with Gasteiger partial charge < -0.3 is 9.47 Å². The Bertz CT molecular complexity index is 1120. The summed E-state index contributed by atoms with van der Waals surface area (Å²) in [6.07, 6.45) is 0.708. The van der Waals surface area contributed by atoms with Crippen LogP contribution in [0.4, 0.5) is 11.4 Å². The average Bonchev–Trinajstić information content (AvgIpc) is 3.22. The van der Waals surface area contributed by atoms with Gasteiger partial charge in [0, 0.05) is 24.1 Å². The highest BCUT2D eigenvalue weighted by Crippen LogP contribution is 2.49. The summed E-state index contributed by atoms with van der Waals surface area (Å²) in [7, 11) is 1.46. The van der Waals surface area contributed by atoms with Gasteiger partial charge in [0.1, 0.15) is 11.8 Å². The number of hydrogen-bond acceptors (Lipinski definition) is 6. The Morgan fingerprint density at radius 1 is 1.00 bits per heavy atom. The van der Waals surface area contributed by atoms with Crippen molar-refractivity contribution in [1.29, 1.82) is 0 Å². The van der Waals surface area contributed by atoms with Crippen LogP contribution in [-0.4, -0.2) is 30.6 Å². The standard InChI is InChI=1S/C26H25N3O3/c1-31-26(30)23-14-19-17-32-24-13-12-21(28-27-20-10-6-3-7-11-20)15-22(24)25(19)29(23)16-18-8-4-2-5-9-18/h2-13,15,19,23,25H,14,16-17H2,1H3/t19-,23?,25-/m1/s1. The molecule has 0 bridgehead atoms. The molecule has 32 heavy (non-hydrogen) atoms. The number of fused-ring (bicyclic) bond motifs is 3. The number of nitrogens with zero attached hydrogens (tertiary/aromatic N) is 3. The normalized spacial score (nSPS) is 22.2. The molecule has 0 saturated carbocycles. The van der Waals surface area contributed by atoms with E-state index in [1.807, 2.05) is 66.7 Å². The van der Waals surface area contributed by atoms with Crippen LogP contribution < -0.4 is 4.74 Å². The SMILES string of the molecule is COC(=O)C1C[C@@H]2COc3ccc(N=Nc4ccccc4)cc3[C@@H]2N1Cc1ccccc1. The molecule has 2 aliphatic rings. The third kappa shape index (κ3) is 4.01. The number of azo groups is 1. The molecule has 0 aliphatic carbocycles. The van der Waals surface area contributed by atoms with E-state index in [0.717, 1.165) is 28.3 Å². The zero-order valence-electron chi connectivity index (χ0n) is 17.9. The van der Waals surface area contributed by atoms with Gasteiger partial charge in [0.2, 0.25) is 0 Å². The van der Waals surface area contributed by atoms with Crippen molar-refractivity contribution >= 4 is 17.3 Å². The summed E-state index contributed by atoms with van der Waals surface area (Å²) in [5, 5.41) is 8.79. The predicted molar refractivity (Wildman–Crippen MR) is 121 cm³/mol. The Morgan fingerprint density at radius 3 is 2.47 bits per heavy atom. The fourth-order valence-corrected chi connectivity index (χ4v) is 4.75. The number of esters is 1. The van der Waals surface area contributed by atoms with Gasteiger partial charge in [0.25, 0.3) is 0 Å². The van der Waals surface area contributed by atoms with Crippen LogP contribution in [0.3, 0.4) is 0 Å². The fraction of sp³-hybridized carbons (Fsp3) is 0.269. The second kappa shape index (κ2) is 8.93. The molecular formula is C26H25N3O3. The minimum atomic E-state index is -0.306. The van der Waals surface area contributed by atoms with E-state index in [9.17, 15) is 4.79 Å². The lowest BCUT2D eigenvalue weighted by Gasteiger charge is -2.35. The first kappa shape index (κ1) is 20.4. The van der Waals surface area contributed by atoms with Crippen molar-refractivity contribution in [2.24, 2.45) is 16.1 Å². The van der Waals surface area contributed by atoms with E-state index in [0.29, 0.717) is 19.6 Å². The number of likely N-dealkylation sites (tertiary alicyclic amines) is 1. The van der Waals surface area contributed by atoms with E-state index in [2.05, 4.69) is 27.3 Å². The maximum absolute atomic E-state index is 12.7. The molecular weight excluding hydrogens is 402 g/mol. The van der Waals surface area contributed by atoms with Gasteiger partial charge in [0.05, 0.1) is 25.1 Å². The molecule has 0 spiro atoms. The summed E-state index contributed by atoms with van der Waals surface area (Å²) in [5.41, 5.74) is 3.78. The van der Waals surface area contributed by atoms with E-state index >= 15 is 0 Å². The van der Waals surface area contributed by atoms with E-state index in [4.69, 9.17) is 9.47 Å². The molecule has 3 atom stereocenters. The molecule has 1 saturated heterocycles. The Morgan fingerprint density at radius 2 is 1.72 bits per heavy atom. The molecule has 0 radical (unpaired) electrons. The first-order chi connectivity index (χ1) is 15.7. The quantitative estimate of drug-likeness (QED) is 0.393. The highest BCUT2D eigenvalue weighted by atomic mass is 16.5. The van der Waals surface area contributed by atoms with Crippen molar-refractivity contribution in [3.8, 4) is 5.75 Å². The second-order valence-electron chi connectivity index (χ2n) is 8.21. The number of benzene rings is 3. The van der Waals surface area contributed by atoms with Crippen molar-refractivity contribution in [3.05, 3.63) is 90.0 Å². The number of ether oxygens (including phenoxy) is 2. The topological polar surface area (TPSA) is 63.5 Å². The number of methoxy groups -OCH3 is 1. The Kier molecular flexibility index (Phi) is 5.69. The minimum Gasteiger partial charge on any atom is -0.493 e. The summed E-state index contributed by atoms with van der Waals surface area (Å²) in [5.74, 6) is 0.849. The van der Waals surface area contributed by atoms with Crippen LogP contribution in [0.25, 0.3) is 0 Å². The highest BCUT2D eigenvalue weighted by molar-refractivity contribution is 5.76. The van der Waals surface area contributed by atoms with Gasteiger partial charge in [-0.2, -0.15) is 10.2 Å². The van der Waals surface area contributed by atoms with Crippen molar-refractivity contribution < 1.29 is 14.3 Å². The largest absolute Gasteiger partial charge is 0.493 e.